The van der Waals surface area contributed by atoms with Gasteiger partial charge in [-0.25, -0.2) is 4.39 Å². The molecule has 0 amide bonds. The van der Waals surface area contributed by atoms with Gasteiger partial charge >= 0.3 is 0 Å². The van der Waals surface area contributed by atoms with Gasteiger partial charge in [-0.05, 0) is 42.8 Å². The highest BCUT2D eigenvalue weighted by molar-refractivity contribution is 6.10. The Labute approximate surface area is 115 Å². The number of pyridine rings is 1. The van der Waals surface area contributed by atoms with E-state index in [0.29, 0.717) is 16.7 Å². The van der Waals surface area contributed by atoms with E-state index < -0.39 is 0 Å². The molecule has 0 bridgehead atoms. The summed E-state index contributed by atoms with van der Waals surface area (Å²) in [4.78, 5) is 16.6. The van der Waals surface area contributed by atoms with Gasteiger partial charge in [0.1, 0.15) is 5.82 Å². The first-order valence-electron chi connectivity index (χ1n) is 6.31. The number of rotatable bonds is 2. The lowest BCUT2D eigenvalue weighted by atomic mass is 10.0. The third kappa shape index (κ3) is 2.18. The fourth-order valence-corrected chi connectivity index (χ4v) is 2.16. The van der Waals surface area contributed by atoms with Gasteiger partial charge in [0.2, 0.25) is 0 Å². The molecule has 0 saturated heterocycles. The van der Waals surface area contributed by atoms with Crippen LogP contribution in [-0.2, 0) is 0 Å². The number of nitrogens with zero attached hydrogens (tertiary/aromatic N) is 1. The Balaban J connectivity index is 2.05. The lowest BCUT2D eigenvalue weighted by molar-refractivity contribution is 0.103. The van der Waals surface area contributed by atoms with Crippen LogP contribution in [-0.4, -0.2) is 10.8 Å². The van der Waals surface area contributed by atoms with Crippen LogP contribution in [0.4, 0.5) is 4.39 Å². The maximum Gasteiger partial charge on any atom is 0.193 e. The number of ketones is 1. The molecule has 1 heterocycles. The van der Waals surface area contributed by atoms with Gasteiger partial charge in [-0.2, -0.15) is 0 Å². The van der Waals surface area contributed by atoms with Crippen LogP contribution in [0.2, 0.25) is 0 Å². The summed E-state index contributed by atoms with van der Waals surface area (Å²) in [6.07, 6.45) is 1.69. The standard InChI is InChI=1S/C17H12FNO/c1-11-9-13(6-7-15(11)18)17(20)14-5-4-12-3-2-8-19-16(12)10-14/h2-10H,1H3. The maximum atomic E-state index is 13.3. The molecule has 1 aromatic heterocycles. The summed E-state index contributed by atoms with van der Waals surface area (Å²) in [6.45, 7) is 1.65. The highest BCUT2D eigenvalue weighted by Gasteiger charge is 2.11. The lowest BCUT2D eigenvalue weighted by Gasteiger charge is -2.04. The third-order valence-electron chi connectivity index (χ3n) is 3.29. The van der Waals surface area contributed by atoms with E-state index in [-0.39, 0.29) is 11.6 Å². The highest BCUT2D eigenvalue weighted by atomic mass is 19.1. The molecule has 0 aliphatic rings. The van der Waals surface area contributed by atoms with E-state index in [0.717, 1.165) is 10.9 Å². The fourth-order valence-electron chi connectivity index (χ4n) is 2.16. The summed E-state index contributed by atoms with van der Waals surface area (Å²) >= 11 is 0. The predicted octanol–water partition coefficient (Wildman–Crippen LogP) is 3.91. The van der Waals surface area contributed by atoms with Crippen molar-refractivity contribution in [3.05, 3.63) is 77.2 Å². The summed E-state index contributed by atoms with van der Waals surface area (Å²) < 4.78 is 13.3. The second kappa shape index (κ2) is 4.85. The maximum absolute atomic E-state index is 13.3. The molecule has 0 aliphatic heterocycles. The Morgan fingerprint density at radius 1 is 1.05 bits per heavy atom. The van der Waals surface area contributed by atoms with Crippen LogP contribution in [0.3, 0.4) is 0 Å². The van der Waals surface area contributed by atoms with E-state index in [1.54, 1.807) is 31.3 Å². The second-order valence-electron chi connectivity index (χ2n) is 4.70. The SMILES string of the molecule is Cc1cc(C(=O)c2ccc3cccnc3c2)ccc1F. The monoisotopic (exact) mass is 265 g/mol. The topological polar surface area (TPSA) is 30.0 Å². The first-order valence-corrected chi connectivity index (χ1v) is 6.31. The van der Waals surface area contributed by atoms with Crippen molar-refractivity contribution in [2.45, 2.75) is 6.92 Å². The average Bonchev–Trinajstić information content (AvgIpc) is 2.49. The average molecular weight is 265 g/mol. The molecule has 3 heteroatoms. The summed E-state index contributed by atoms with van der Waals surface area (Å²) in [7, 11) is 0. The van der Waals surface area contributed by atoms with Crippen molar-refractivity contribution in [2.24, 2.45) is 0 Å². The molecule has 0 unspecified atom stereocenters. The van der Waals surface area contributed by atoms with Gasteiger partial charge in [-0.3, -0.25) is 9.78 Å². The van der Waals surface area contributed by atoms with Crippen molar-refractivity contribution in [1.82, 2.24) is 4.98 Å². The smallest absolute Gasteiger partial charge is 0.193 e. The van der Waals surface area contributed by atoms with E-state index in [9.17, 15) is 9.18 Å². The van der Waals surface area contributed by atoms with Crippen molar-refractivity contribution < 1.29 is 9.18 Å². The molecule has 0 radical (unpaired) electrons. The zero-order valence-electron chi connectivity index (χ0n) is 10.9. The first-order chi connectivity index (χ1) is 9.65. The van der Waals surface area contributed by atoms with Crippen LogP contribution in [0.25, 0.3) is 10.9 Å². The summed E-state index contributed by atoms with van der Waals surface area (Å²) in [5.41, 5.74) is 2.29. The Morgan fingerprint density at radius 2 is 1.80 bits per heavy atom. The normalized spacial score (nSPS) is 10.7. The summed E-state index contributed by atoms with van der Waals surface area (Å²) in [5.74, 6) is -0.428. The Hall–Kier alpha value is -2.55. The van der Waals surface area contributed by atoms with Crippen molar-refractivity contribution in [1.29, 1.82) is 0 Å². The molecule has 0 saturated carbocycles. The highest BCUT2D eigenvalue weighted by Crippen LogP contribution is 2.18. The van der Waals surface area contributed by atoms with Gasteiger partial charge in [0.25, 0.3) is 0 Å². The molecule has 2 nitrogen and oxygen atoms in total. The molecule has 2 aromatic carbocycles. The number of benzene rings is 2. The molecule has 0 spiro atoms. The van der Waals surface area contributed by atoms with Crippen molar-refractivity contribution >= 4 is 16.7 Å². The number of fused-ring (bicyclic) bond motifs is 1. The Bertz CT molecular complexity index is 811. The zero-order chi connectivity index (χ0) is 14.1. The number of carbonyl (C=O) groups excluding carboxylic acids is 1. The molecular formula is C17H12FNO. The number of aryl methyl sites for hydroxylation is 1. The lowest BCUT2D eigenvalue weighted by Crippen LogP contribution is -2.02. The van der Waals surface area contributed by atoms with Crippen molar-refractivity contribution in [2.75, 3.05) is 0 Å². The number of aromatic nitrogens is 1. The minimum Gasteiger partial charge on any atom is -0.289 e. The van der Waals surface area contributed by atoms with E-state index >= 15 is 0 Å². The predicted molar refractivity (Wildman–Crippen MR) is 76.3 cm³/mol. The first kappa shape index (κ1) is 12.5. The van der Waals surface area contributed by atoms with E-state index in [4.69, 9.17) is 0 Å². The molecule has 0 N–H and O–H groups in total. The van der Waals surface area contributed by atoms with E-state index in [1.165, 1.54) is 12.1 Å². The number of carbonyl (C=O) groups is 1. The molecule has 0 aliphatic carbocycles. The van der Waals surface area contributed by atoms with Crippen LogP contribution in [0.1, 0.15) is 21.5 Å². The third-order valence-corrected chi connectivity index (χ3v) is 3.29. The van der Waals surface area contributed by atoms with E-state index in [1.807, 2.05) is 18.2 Å². The summed E-state index contributed by atoms with van der Waals surface area (Å²) in [5, 5.41) is 0.985. The number of halogens is 1. The molecule has 0 fully saturated rings. The van der Waals surface area contributed by atoms with Gasteiger partial charge in [-0.15, -0.1) is 0 Å². The number of hydrogen-bond donors (Lipinski definition) is 0. The van der Waals surface area contributed by atoms with Crippen LogP contribution >= 0.6 is 0 Å². The largest absolute Gasteiger partial charge is 0.289 e. The van der Waals surface area contributed by atoms with Crippen LogP contribution < -0.4 is 0 Å². The van der Waals surface area contributed by atoms with Crippen LogP contribution in [0.15, 0.2) is 54.7 Å². The molecule has 3 rings (SSSR count). The fraction of sp³-hybridized carbons (Fsp3) is 0.0588. The second-order valence-corrected chi connectivity index (χ2v) is 4.70. The Morgan fingerprint density at radius 3 is 2.60 bits per heavy atom. The molecule has 3 aromatic rings. The Kier molecular flexibility index (Phi) is 3.03. The van der Waals surface area contributed by atoms with Crippen molar-refractivity contribution in [3.8, 4) is 0 Å². The number of hydrogen-bond acceptors (Lipinski definition) is 2. The van der Waals surface area contributed by atoms with Crippen LogP contribution in [0.5, 0.6) is 0 Å². The minimum absolute atomic E-state index is 0.124. The minimum atomic E-state index is -0.304. The van der Waals surface area contributed by atoms with Gasteiger partial charge in [0, 0.05) is 22.7 Å². The van der Waals surface area contributed by atoms with E-state index in [2.05, 4.69) is 4.98 Å². The quantitative estimate of drug-likeness (QED) is 0.657. The van der Waals surface area contributed by atoms with Crippen molar-refractivity contribution in [3.63, 3.8) is 0 Å². The molecular weight excluding hydrogens is 253 g/mol. The van der Waals surface area contributed by atoms with Gasteiger partial charge in [0.15, 0.2) is 5.78 Å². The van der Waals surface area contributed by atoms with Gasteiger partial charge in [-0.1, -0.05) is 18.2 Å². The zero-order valence-corrected chi connectivity index (χ0v) is 10.9. The molecule has 98 valence electrons. The summed E-state index contributed by atoms with van der Waals surface area (Å²) in [6, 6.07) is 13.6. The van der Waals surface area contributed by atoms with Gasteiger partial charge in [0.05, 0.1) is 5.52 Å². The molecule has 0 atom stereocenters. The van der Waals surface area contributed by atoms with Crippen LogP contribution in [0, 0.1) is 12.7 Å². The van der Waals surface area contributed by atoms with Gasteiger partial charge < -0.3 is 0 Å². The molecule has 20 heavy (non-hydrogen) atoms.